The minimum Gasteiger partial charge on any atom is -0.444 e. The molecule has 1 fully saturated rings. The Hall–Kier alpha value is -2.77. The summed E-state index contributed by atoms with van der Waals surface area (Å²) in [4.78, 5) is 19.5. The van der Waals surface area contributed by atoms with E-state index in [1.807, 2.05) is 4.90 Å². The summed E-state index contributed by atoms with van der Waals surface area (Å²) in [5.41, 5.74) is -0.372. The number of hydrogen-bond acceptors (Lipinski definition) is 4. The van der Waals surface area contributed by atoms with Crippen LogP contribution in [0.2, 0.25) is 0 Å². The Morgan fingerprint density at radius 2 is 1.66 bits per heavy atom. The Morgan fingerprint density at radius 1 is 1.03 bits per heavy atom. The SMILES string of the molecule is CC(C)(C)OC(=O)N1CCN(c2cnc(C(F)(F)F)c(-c3ccccc3)c2)CC1. The van der Waals surface area contributed by atoms with E-state index in [1.165, 1.54) is 12.3 Å². The molecule has 0 aliphatic carbocycles. The smallest absolute Gasteiger partial charge is 0.433 e. The number of alkyl halides is 3. The highest BCUT2D eigenvalue weighted by Gasteiger charge is 2.36. The van der Waals surface area contributed by atoms with Gasteiger partial charge in [-0.1, -0.05) is 30.3 Å². The maximum Gasteiger partial charge on any atom is 0.433 e. The van der Waals surface area contributed by atoms with Gasteiger partial charge in [0.15, 0.2) is 5.69 Å². The van der Waals surface area contributed by atoms with E-state index in [0.717, 1.165) is 0 Å². The zero-order valence-corrected chi connectivity index (χ0v) is 16.7. The Labute approximate surface area is 168 Å². The van der Waals surface area contributed by atoms with Gasteiger partial charge in [0.25, 0.3) is 0 Å². The predicted molar refractivity (Wildman–Crippen MR) is 105 cm³/mol. The molecular formula is C21H24F3N3O2. The Bertz CT molecular complexity index is 856. The first-order valence-electron chi connectivity index (χ1n) is 9.40. The lowest BCUT2D eigenvalue weighted by molar-refractivity contribution is -0.140. The van der Waals surface area contributed by atoms with Crippen LogP contribution in [-0.2, 0) is 10.9 Å². The topological polar surface area (TPSA) is 45.7 Å². The number of hydrogen-bond donors (Lipinski definition) is 0. The summed E-state index contributed by atoms with van der Waals surface area (Å²) in [6.45, 7) is 7.24. The lowest BCUT2D eigenvalue weighted by Gasteiger charge is -2.36. The van der Waals surface area contributed by atoms with Gasteiger partial charge in [-0.15, -0.1) is 0 Å². The number of carbonyl (C=O) groups is 1. The largest absolute Gasteiger partial charge is 0.444 e. The standard InChI is InChI=1S/C21H24F3N3O2/c1-20(2,3)29-19(28)27-11-9-26(10-12-27)16-13-17(15-7-5-4-6-8-15)18(25-14-16)21(22,23)24/h4-8,13-14H,9-12H2,1-3H3. The number of nitrogens with zero attached hydrogens (tertiary/aromatic N) is 3. The molecule has 1 aliphatic heterocycles. The molecule has 5 nitrogen and oxygen atoms in total. The number of carbonyl (C=O) groups excluding carboxylic acids is 1. The first-order valence-corrected chi connectivity index (χ1v) is 9.40. The van der Waals surface area contributed by atoms with Crippen LogP contribution in [0, 0.1) is 0 Å². The van der Waals surface area contributed by atoms with Crippen LogP contribution in [0.3, 0.4) is 0 Å². The van der Waals surface area contributed by atoms with Gasteiger partial charge < -0.3 is 14.5 Å². The van der Waals surface area contributed by atoms with E-state index in [9.17, 15) is 18.0 Å². The van der Waals surface area contributed by atoms with Gasteiger partial charge in [-0.05, 0) is 32.4 Å². The van der Waals surface area contributed by atoms with Gasteiger partial charge in [0, 0.05) is 31.7 Å². The number of rotatable bonds is 2. The van der Waals surface area contributed by atoms with Crippen molar-refractivity contribution in [2.45, 2.75) is 32.5 Å². The first-order chi connectivity index (χ1) is 13.5. The summed E-state index contributed by atoms with van der Waals surface area (Å²) in [7, 11) is 0. The van der Waals surface area contributed by atoms with Crippen LogP contribution >= 0.6 is 0 Å². The third-order valence-electron chi connectivity index (χ3n) is 4.52. The molecule has 0 spiro atoms. The average molecular weight is 407 g/mol. The normalized spacial score (nSPS) is 15.4. The van der Waals surface area contributed by atoms with Crippen molar-refractivity contribution in [3.05, 3.63) is 48.3 Å². The van der Waals surface area contributed by atoms with Gasteiger partial charge >= 0.3 is 12.3 Å². The third kappa shape index (κ3) is 5.19. The summed E-state index contributed by atoms with van der Waals surface area (Å²) < 4.78 is 45.7. The fraction of sp³-hybridized carbons (Fsp3) is 0.429. The molecule has 8 heteroatoms. The number of ether oxygens (including phenoxy) is 1. The molecule has 0 bridgehead atoms. The summed E-state index contributed by atoms with van der Waals surface area (Å²) in [6.07, 6.45) is -3.68. The number of halogens is 3. The second-order valence-corrected chi connectivity index (χ2v) is 7.91. The number of pyridine rings is 1. The van der Waals surface area contributed by atoms with E-state index in [4.69, 9.17) is 4.74 Å². The molecule has 0 radical (unpaired) electrons. The Morgan fingerprint density at radius 3 is 2.21 bits per heavy atom. The van der Waals surface area contributed by atoms with Crippen molar-refractivity contribution in [2.75, 3.05) is 31.1 Å². The number of amides is 1. The van der Waals surface area contributed by atoms with Crippen LogP contribution in [0.1, 0.15) is 26.5 Å². The van der Waals surface area contributed by atoms with Crippen molar-refractivity contribution in [2.24, 2.45) is 0 Å². The zero-order valence-electron chi connectivity index (χ0n) is 16.7. The summed E-state index contributed by atoms with van der Waals surface area (Å²) in [6, 6.07) is 9.94. The van der Waals surface area contributed by atoms with Gasteiger partial charge in [0.2, 0.25) is 0 Å². The van der Waals surface area contributed by atoms with E-state index in [-0.39, 0.29) is 11.7 Å². The fourth-order valence-electron chi connectivity index (χ4n) is 3.16. The molecule has 1 aromatic heterocycles. The van der Waals surface area contributed by atoms with Gasteiger partial charge in [0.05, 0.1) is 11.9 Å². The van der Waals surface area contributed by atoms with Crippen molar-refractivity contribution in [1.29, 1.82) is 0 Å². The Kier molecular flexibility index (Phi) is 5.73. The van der Waals surface area contributed by atoms with Crippen LogP contribution in [0.25, 0.3) is 11.1 Å². The predicted octanol–water partition coefficient (Wildman–Crippen LogP) is 4.82. The molecule has 1 aromatic carbocycles. The van der Waals surface area contributed by atoms with Crippen LogP contribution in [0.5, 0.6) is 0 Å². The monoisotopic (exact) mass is 407 g/mol. The quantitative estimate of drug-likeness (QED) is 0.716. The molecule has 2 aromatic rings. The highest BCUT2D eigenvalue weighted by molar-refractivity contribution is 5.71. The second kappa shape index (κ2) is 7.93. The van der Waals surface area contributed by atoms with E-state index in [0.29, 0.717) is 37.4 Å². The Balaban J connectivity index is 1.80. The molecule has 2 heterocycles. The molecule has 156 valence electrons. The average Bonchev–Trinajstić information content (AvgIpc) is 2.66. The van der Waals surface area contributed by atoms with Gasteiger partial charge in [-0.25, -0.2) is 9.78 Å². The summed E-state index contributed by atoms with van der Waals surface area (Å²) in [5.74, 6) is 0. The van der Waals surface area contributed by atoms with Crippen LogP contribution in [0.15, 0.2) is 42.6 Å². The number of piperazine rings is 1. The van der Waals surface area contributed by atoms with Crippen molar-refractivity contribution < 1.29 is 22.7 Å². The fourth-order valence-corrected chi connectivity index (χ4v) is 3.16. The molecule has 0 atom stereocenters. The summed E-state index contributed by atoms with van der Waals surface area (Å²) in [5, 5.41) is 0. The highest BCUT2D eigenvalue weighted by Crippen LogP contribution is 2.37. The molecule has 0 saturated carbocycles. The lowest BCUT2D eigenvalue weighted by atomic mass is 10.0. The molecule has 0 N–H and O–H groups in total. The van der Waals surface area contributed by atoms with Crippen molar-refractivity contribution >= 4 is 11.8 Å². The van der Waals surface area contributed by atoms with Gasteiger partial charge in [0.1, 0.15) is 5.60 Å². The van der Waals surface area contributed by atoms with Crippen LogP contribution in [-0.4, -0.2) is 47.8 Å². The highest BCUT2D eigenvalue weighted by atomic mass is 19.4. The van der Waals surface area contributed by atoms with E-state index in [1.54, 1.807) is 56.0 Å². The number of anilines is 1. The van der Waals surface area contributed by atoms with Crippen molar-refractivity contribution in [3.8, 4) is 11.1 Å². The number of benzene rings is 1. The molecule has 1 saturated heterocycles. The molecule has 1 amide bonds. The maximum atomic E-state index is 13.4. The third-order valence-corrected chi connectivity index (χ3v) is 4.52. The molecular weight excluding hydrogens is 383 g/mol. The molecule has 29 heavy (non-hydrogen) atoms. The lowest BCUT2D eigenvalue weighted by Crippen LogP contribution is -2.50. The minimum absolute atomic E-state index is 0.0465. The van der Waals surface area contributed by atoms with E-state index < -0.39 is 17.5 Å². The summed E-state index contributed by atoms with van der Waals surface area (Å²) >= 11 is 0. The van der Waals surface area contributed by atoms with Gasteiger partial charge in [-0.2, -0.15) is 13.2 Å². The molecule has 3 rings (SSSR count). The van der Waals surface area contributed by atoms with Crippen LogP contribution in [0.4, 0.5) is 23.7 Å². The van der Waals surface area contributed by atoms with Crippen molar-refractivity contribution in [3.63, 3.8) is 0 Å². The minimum atomic E-state index is -4.54. The first kappa shape index (κ1) is 21.0. The molecule has 0 unspecified atom stereocenters. The van der Waals surface area contributed by atoms with E-state index >= 15 is 0 Å². The number of aromatic nitrogens is 1. The molecule has 1 aliphatic rings. The van der Waals surface area contributed by atoms with Gasteiger partial charge in [-0.3, -0.25) is 0 Å². The van der Waals surface area contributed by atoms with Crippen molar-refractivity contribution in [1.82, 2.24) is 9.88 Å². The zero-order chi connectivity index (χ0) is 21.2. The van der Waals surface area contributed by atoms with E-state index in [2.05, 4.69) is 4.98 Å². The van der Waals surface area contributed by atoms with Crippen LogP contribution < -0.4 is 4.90 Å². The maximum absolute atomic E-state index is 13.4. The second-order valence-electron chi connectivity index (χ2n) is 7.91.